The van der Waals surface area contributed by atoms with Gasteiger partial charge in [0, 0.05) is 23.0 Å². The van der Waals surface area contributed by atoms with Gasteiger partial charge in [-0.2, -0.15) is 0 Å². The average molecular weight is 308 g/mol. The zero-order valence-electron chi connectivity index (χ0n) is 13.8. The quantitative estimate of drug-likeness (QED) is 0.822. The van der Waals surface area contributed by atoms with Gasteiger partial charge in [-0.05, 0) is 38.8 Å². The normalized spacial score (nSPS) is 13.3. The van der Waals surface area contributed by atoms with Gasteiger partial charge >= 0.3 is 0 Å². The molecule has 0 aliphatic heterocycles. The van der Waals surface area contributed by atoms with Crippen molar-refractivity contribution in [2.24, 2.45) is 11.7 Å². The van der Waals surface area contributed by atoms with E-state index in [9.17, 15) is 0 Å². The predicted molar refractivity (Wildman–Crippen MR) is 96.9 cm³/mol. The molecule has 23 heavy (non-hydrogen) atoms. The van der Waals surface area contributed by atoms with E-state index in [-0.39, 0.29) is 0 Å². The van der Waals surface area contributed by atoms with Crippen LogP contribution in [0.4, 0.5) is 5.82 Å². The van der Waals surface area contributed by atoms with Crippen molar-refractivity contribution in [3.63, 3.8) is 0 Å². The number of anilines is 1. The molecule has 1 aromatic carbocycles. The molecule has 1 aliphatic carbocycles. The molecule has 0 atom stereocenters. The average Bonchev–Trinajstić information content (AvgIpc) is 3.42. The van der Waals surface area contributed by atoms with Gasteiger partial charge < -0.3 is 11.1 Å². The third-order valence-corrected chi connectivity index (χ3v) is 3.47. The summed E-state index contributed by atoms with van der Waals surface area (Å²) in [6.07, 6.45) is 8.70. The Bertz CT molecular complexity index is 673. The highest BCUT2D eigenvalue weighted by Gasteiger charge is 2.17. The summed E-state index contributed by atoms with van der Waals surface area (Å²) in [6.45, 7) is 6.03. The second-order valence-corrected chi connectivity index (χ2v) is 5.44. The van der Waals surface area contributed by atoms with Crippen molar-refractivity contribution in [2.75, 3.05) is 12.4 Å². The van der Waals surface area contributed by atoms with E-state index in [1.54, 1.807) is 0 Å². The molecule has 0 saturated heterocycles. The number of benzene rings is 1. The van der Waals surface area contributed by atoms with Crippen molar-refractivity contribution in [3.05, 3.63) is 66.5 Å². The lowest BCUT2D eigenvalue weighted by molar-refractivity contribution is 1.11. The number of aryl methyl sites for hydroxylation is 1. The third kappa shape index (κ3) is 5.04. The summed E-state index contributed by atoms with van der Waals surface area (Å²) in [6, 6.07) is 9.99. The zero-order chi connectivity index (χ0) is 16.7. The van der Waals surface area contributed by atoms with E-state index < -0.39 is 0 Å². The summed E-state index contributed by atoms with van der Waals surface area (Å²) in [5, 5.41) is 3.27. The first-order valence-electron chi connectivity index (χ1n) is 7.83. The van der Waals surface area contributed by atoms with Crippen LogP contribution < -0.4 is 11.1 Å². The predicted octanol–water partition coefficient (Wildman–Crippen LogP) is 3.92. The molecule has 2 aromatic rings. The molecule has 120 valence electrons. The van der Waals surface area contributed by atoms with Crippen LogP contribution in [0.2, 0.25) is 0 Å². The first-order chi connectivity index (χ1) is 11.2. The Morgan fingerprint density at radius 2 is 1.96 bits per heavy atom. The van der Waals surface area contributed by atoms with Crippen molar-refractivity contribution in [1.29, 1.82) is 0 Å². The Labute approximate surface area is 138 Å². The van der Waals surface area contributed by atoms with Crippen molar-refractivity contribution in [3.8, 4) is 11.4 Å². The van der Waals surface area contributed by atoms with Crippen LogP contribution >= 0.6 is 0 Å². The Morgan fingerprint density at radius 1 is 1.26 bits per heavy atom. The van der Waals surface area contributed by atoms with Gasteiger partial charge in [-0.15, -0.1) is 0 Å². The third-order valence-electron chi connectivity index (χ3n) is 3.47. The highest BCUT2D eigenvalue weighted by Crippen LogP contribution is 2.30. The highest BCUT2D eigenvalue weighted by atomic mass is 15.0. The smallest absolute Gasteiger partial charge is 0.161 e. The molecular weight excluding hydrogens is 284 g/mol. The van der Waals surface area contributed by atoms with Crippen LogP contribution in [0, 0.1) is 12.8 Å². The first kappa shape index (κ1) is 16.9. The van der Waals surface area contributed by atoms with Crippen LogP contribution in [0.5, 0.6) is 0 Å². The molecule has 1 aliphatic rings. The van der Waals surface area contributed by atoms with Crippen LogP contribution in [0.25, 0.3) is 11.4 Å². The Hall–Kier alpha value is -2.46. The van der Waals surface area contributed by atoms with E-state index in [0.717, 1.165) is 34.4 Å². The van der Waals surface area contributed by atoms with Crippen molar-refractivity contribution >= 4 is 5.82 Å². The molecule has 4 nitrogen and oxygen atoms in total. The number of nitrogens with one attached hydrogen (secondary N) is 1. The minimum atomic E-state index is 0.725. The van der Waals surface area contributed by atoms with Crippen LogP contribution in [0.15, 0.2) is 61.0 Å². The summed E-state index contributed by atoms with van der Waals surface area (Å²) in [5.41, 5.74) is 7.39. The van der Waals surface area contributed by atoms with E-state index in [2.05, 4.69) is 33.7 Å². The summed E-state index contributed by atoms with van der Waals surface area (Å²) in [4.78, 5) is 9.01. The van der Waals surface area contributed by atoms with Gasteiger partial charge in [0.05, 0.1) is 0 Å². The number of hydrogen-bond donors (Lipinski definition) is 2. The Kier molecular flexibility index (Phi) is 6.06. The lowest BCUT2D eigenvalue weighted by Gasteiger charge is -2.10. The van der Waals surface area contributed by atoms with E-state index in [0.29, 0.717) is 0 Å². The van der Waals surface area contributed by atoms with Gasteiger partial charge in [-0.1, -0.05) is 43.0 Å². The number of hydrogen-bond acceptors (Lipinski definition) is 4. The number of nitrogens with zero attached hydrogens (tertiary/aromatic N) is 2. The SMILES string of the molecule is C=C(/C=C/C1CC1)Nc1nc(-c2ccccc2)ncc1C.CN. The molecule has 3 rings (SSSR count). The number of rotatable bonds is 5. The molecule has 1 fully saturated rings. The molecule has 1 heterocycles. The van der Waals surface area contributed by atoms with Crippen LogP contribution in [0.3, 0.4) is 0 Å². The van der Waals surface area contributed by atoms with Gasteiger partial charge in [-0.25, -0.2) is 9.97 Å². The van der Waals surface area contributed by atoms with Crippen LogP contribution in [-0.4, -0.2) is 17.0 Å². The molecule has 0 spiro atoms. The fourth-order valence-corrected chi connectivity index (χ4v) is 2.03. The van der Waals surface area contributed by atoms with Gasteiger partial charge in [0.1, 0.15) is 5.82 Å². The van der Waals surface area contributed by atoms with Crippen molar-refractivity contribution in [1.82, 2.24) is 9.97 Å². The van der Waals surface area contributed by atoms with Crippen molar-refractivity contribution < 1.29 is 0 Å². The summed E-state index contributed by atoms with van der Waals surface area (Å²) in [7, 11) is 1.50. The van der Waals surface area contributed by atoms with E-state index in [1.165, 1.54) is 19.9 Å². The standard InChI is InChI=1S/C18H19N3.CH5N/c1-13-12-19-18(16-6-4-3-5-7-16)21-17(13)20-14(2)8-9-15-10-11-15;1-2/h3-9,12,15H,2,10-11H2,1H3,(H,19,20,21);2H2,1H3/b9-8+;. The van der Waals surface area contributed by atoms with E-state index >= 15 is 0 Å². The molecule has 1 saturated carbocycles. The topological polar surface area (TPSA) is 63.8 Å². The van der Waals surface area contributed by atoms with E-state index in [1.807, 2.05) is 49.5 Å². The molecule has 0 radical (unpaired) electrons. The van der Waals surface area contributed by atoms with Gasteiger partial charge in [0.25, 0.3) is 0 Å². The summed E-state index contributed by atoms with van der Waals surface area (Å²) in [5.74, 6) is 2.28. The lowest BCUT2D eigenvalue weighted by atomic mass is 10.2. The summed E-state index contributed by atoms with van der Waals surface area (Å²) < 4.78 is 0. The molecule has 0 bridgehead atoms. The Morgan fingerprint density at radius 3 is 2.61 bits per heavy atom. The first-order valence-corrected chi connectivity index (χ1v) is 7.83. The van der Waals surface area contributed by atoms with Crippen LogP contribution in [-0.2, 0) is 0 Å². The fraction of sp³-hybridized carbons (Fsp3) is 0.263. The number of allylic oxidation sites excluding steroid dienone is 2. The Balaban J connectivity index is 0.000000924. The molecular formula is C19H24N4. The van der Waals surface area contributed by atoms with E-state index in [4.69, 9.17) is 0 Å². The van der Waals surface area contributed by atoms with Gasteiger partial charge in [0.15, 0.2) is 5.82 Å². The lowest BCUT2D eigenvalue weighted by Crippen LogP contribution is -2.02. The second-order valence-electron chi connectivity index (χ2n) is 5.44. The number of nitrogens with two attached hydrogens (primary N) is 1. The van der Waals surface area contributed by atoms with Gasteiger partial charge in [-0.3, -0.25) is 0 Å². The molecule has 4 heteroatoms. The van der Waals surface area contributed by atoms with Crippen molar-refractivity contribution in [2.45, 2.75) is 19.8 Å². The minimum Gasteiger partial charge on any atom is -0.340 e. The molecule has 1 aromatic heterocycles. The molecule has 3 N–H and O–H groups in total. The maximum absolute atomic E-state index is 4.61. The largest absolute Gasteiger partial charge is 0.340 e. The molecule has 0 unspecified atom stereocenters. The minimum absolute atomic E-state index is 0.725. The zero-order valence-corrected chi connectivity index (χ0v) is 13.8. The van der Waals surface area contributed by atoms with Crippen LogP contribution in [0.1, 0.15) is 18.4 Å². The monoisotopic (exact) mass is 308 g/mol. The maximum atomic E-state index is 4.61. The highest BCUT2D eigenvalue weighted by molar-refractivity contribution is 5.59. The maximum Gasteiger partial charge on any atom is 0.161 e. The molecule has 0 amide bonds. The number of aromatic nitrogens is 2. The summed E-state index contributed by atoms with van der Waals surface area (Å²) >= 11 is 0. The fourth-order valence-electron chi connectivity index (χ4n) is 2.03. The second kappa shape index (κ2) is 8.25. The van der Waals surface area contributed by atoms with Gasteiger partial charge in [0.2, 0.25) is 0 Å².